The fourth-order valence-corrected chi connectivity index (χ4v) is 0.437. The Balaban J connectivity index is -0.000000500. The molecule has 5 nitrogen and oxygen atoms in total. The van der Waals surface area contributed by atoms with Gasteiger partial charge in [0.15, 0.2) is 5.78 Å². The van der Waals surface area contributed by atoms with E-state index in [0.717, 1.165) is 6.92 Å². The average molecular weight is 217 g/mol. The molecule has 0 aromatic carbocycles. The summed E-state index contributed by atoms with van der Waals surface area (Å²) in [4.78, 5) is 30.5. The van der Waals surface area contributed by atoms with Crippen LogP contribution < -0.4 is 42.0 Å². The molecule has 0 heterocycles. The van der Waals surface area contributed by atoms with Gasteiger partial charge < -0.3 is 22.6 Å². The van der Waals surface area contributed by atoms with Crippen LogP contribution in [0.1, 0.15) is 6.92 Å². The van der Waals surface area contributed by atoms with Gasteiger partial charge in [0.25, 0.3) is 0 Å². The molecule has 2 N–H and O–H groups in total. The molecule has 0 bridgehead atoms. The molecule has 0 saturated heterocycles. The summed E-state index contributed by atoms with van der Waals surface area (Å²) in [6.45, 7) is 0.989. The zero-order valence-corrected chi connectivity index (χ0v) is 9.83. The van der Waals surface area contributed by atoms with E-state index in [1.165, 1.54) is 0 Å². The molecule has 0 rings (SSSR count). The van der Waals surface area contributed by atoms with Gasteiger partial charge in [-0.2, -0.15) is 0 Å². The summed E-state index contributed by atoms with van der Waals surface area (Å²) in [7, 11) is 0. The van der Waals surface area contributed by atoms with Crippen LogP contribution in [0.15, 0.2) is 11.6 Å². The molecule has 68 valence electrons. The molecule has 0 aromatic rings. The Morgan fingerprint density at radius 1 is 1.15 bits per heavy atom. The van der Waals surface area contributed by atoms with Gasteiger partial charge in [-0.25, -0.2) is 9.59 Å². The molecular weight excluding hydrogens is 211 g/mol. The van der Waals surface area contributed by atoms with E-state index in [2.05, 4.69) is 0 Å². The van der Waals surface area contributed by atoms with Crippen LogP contribution in [0.3, 0.4) is 0 Å². The minimum atomic E-state index is -1.53. The van der Waals surface area contributed by atoms with Gasteiger partial charge >= 0.3 is 41.5 Å². The molecule has 13 heavy (non-hydrogen) atoms. The summed E-state index contributed by atoms with van der Waals surface area (Å²) in [5, 5.41) is 16.3. The van der Waals surface area contributed by atoms with E-state index in [1.54, 1.807) is 0 Å². The molecule has 0 unspecified atom stereocenters. The number of aliphatic carboxylic acids is 2. The van der Waals surface area contributed by atoms with Gasteiger partial charge in [0.05, 0.1) is 0 Å². The second-order valence-corrected chi connectivity index (χ2v) is 1.76. The van der Waals surface area contributed by atoms with Crippen molar-refractivity contribution in [1.29, 1.82) is 0 Å². The van der Waals surface area contributed by atoms with E-state index in [1.807, 2.05) is 0 Å². The van der Waals surface area contributed by atoms with Crippen molar-refractivity contribution in [3.63, 3.8) is 0 Å². The van der Waals surface area contributed by atoms with Gasteiger partial charge in [-0.1, -0.05) is 0 Å². The van der Waals surface area contributed by atoms with Crippen molar-refractivity contribution in [2.24, 2.45) is 0 Å². The molecule has 0 radical (unpaired) electrons. The number of rotatable bonds is 3. The summed E-state index contributed by atoms with van der Waals surface area (Å²) in [6.07, 6.45) is 0.366. The van der Waals surface area contributed by atoms with Crippen LogP contribution in [0.25, 0.3) is 0 Å². The topological polar surface area (TPSA) is 91.7 Å². The van der Waals surface area contributed by atoms with Crippen molar-refractivity contribution < 1.29 is 66.6 Å². The third-order valence-corrected chi connectivity index (χ3v) is 0.878. The number of hydrogen-bond donors (Lipinski definition) is 2. The summed E-state index contributed by atoms with van der Waals surface area (Å²) in [5.74, 6) is -3.75. The standard InChI is InChI=1S/C6H6O5.ClH.Na/c1-3(7)4(6(10)11)2-5(8)9;;/h2H,1H3,(H,8,9)(H,10,11);1H;/q;;+1/p-1/b4-2+;;. The Kier molecular flexibility index (Phi) is 11.7. The number of hydrogen-bond acceptors (Lipinski definition) is 3. The van der Waals surface area contributed by atoms with Gasteiger partial charge in [-0.3, -0.25) is 4.79 Å². The van der Waals surface area contributed by atoms with Crippen molar-refractivity contribution >= 4 is 17.7 Å². The fourth-order valence-electron chi connectivity index (χ4n) is 0.437. The maximum atomic E-state index is 10.4. The summed E-state index contributed by atoms with van der Waals surface area (Å²) in [5.41, 5.74) is -0.725. The Hall–Kier alpha value is -0.360. The van der Waals surface area contributed by atoms with Crippen molar-refractivity contribution in [2.75, 3.05) is 0 Å². The first-order valence-corrected chi connectivity index (χ1v) is 2.64. The van der Waals surface area contributed by atoms with Crippen molar-refractivity contribution in [2.45, 2.75) is 6.92 Å². The predicted octanol–water partition coefficient (Wildman–Crippen LogP) is -6.32. The summed E-state index contributed by atoms with van der Waals surface area (Å²) in [6, 6.07) is 0. The third kappa shape index (κ3) is 7.98. The zero-order valence-electron chi connectivity index (χ0n) is 7.07. The largest absolute Gasteiger partial charge is 1.00 e. The third-order valence-electron chi connectivity index (χ3n) is 0.878. The molecule has 7 heteroatoms. The first-order chi connectivity index (χ1) is 4.95. The molecule has 0 aromatic heterocycles. The van der Waals surface area contributed by atoms with Crippen LogP contribution in [0.5, 0.6) is 0 Å². The van der Waals surface area contributed by atoms with Gasteiger partial charge in [0.1, 0.15) is 5.57 Å². The van der Waals surface area contributed by atoms with Crippen LogP contribution in [-0.2, 0) is 14.4 Å². The molecule has 0 saturated carbocycles. The molecular formula is C6H6ClNaO5. The van der Waals surface area contributed by atoms with Crippen LogP contribution in [0, 0.1) is 0 Å². The monoisotopic (exact) mass is 216 g/mol. The first kappa shape index (κ1) is 18.4. The second-order valence-electron chi connectivity index (χ2n) is 1.76. The first-order valence-electron chi connectivity index (χ1n) is 2.64. The second kappa shape index (κ2) is 8.25. The molecule has 0 aliphatic heterocycles. The zero-order chi connectivity index (χ0) is 9.02. The number of carboxylic acids is 2. The van der Waals surface area contributed by atoms with Gasteiger partial charge in [0, 0.05) is 6.08 Å². The Labute approximate surface area is 103 Å². The number of Topliss-reactive ketones (excluding diaryl/α,β-unsaturated/α-hetero) is 1. The maximum Gasteiger partial charge on any atom is 1.00 e. The molecule has 0 spiro atoms. The van der Waals surface area contributed by atoms with E-state index in [9.17, 15) is 14.4 Å². The molecule has 0 atom stereocenters. The Morgan fingerprint density at radius 3 is 1.62 bits per heavy atom. The minimum Gasteiger partial charge on any atom is -1.00 e. The number of carboxylic acid groups (broad SMARTS) is 2. The van der Waals surface area contributed by atoms with Crippen LogP contribution >= 0.6 is 0 Å². The quantitative estimate of drug-likeness (QED) is 0.212. The smallest absolute Gasteiger partial charge is 1.00 e. The molecule has 0 amide bonds. The number of carbonyl (C=O) groups is 3. The molecule has 0 aliphatic rings. The van der Waals surface area contributed by atoms with Crippen molar-refractivity contribution in [1.82, 2.24) is 0 Å². The van der Waals surface area contributed by atoms with E-state index in [0.29, 0.717) is 6.08 Å². The minimum absolute atomic E-state index is 0. The molecule has 0 fully saturated rings. The number of halogens is 1. The summed E-state index contributed by atoms with van der Waals surface area (Å²) >= 11 is 0. The molecule has 0 aliphatic carbocycles. The SMILES string of the molecule is CC(=O)/C(=C\C(=O)O)C(=O)O.[Cl-].[Na+]. The van der Waals surface area contributed by atoms with Crippen LogP contribution in [0.2, 0.25) is 0 Å². The van der Waals surface area contributed by atoms with E-state index >= 15 is 0 Å². The summed E-state index contributed by atoms with van der Waals surface area (Å²) < 4.78 is 0. The van der Waals surface area contributed by atoms with E-state index < -0.39 is 23.3 Å². The maximum absolute atomic E-state index is 10.4. The van der Waals surface area contributed by atoms with E-state index in [-0.39, 0.29) is 42.0 Å². The van der Waals surface area contributed by atoms with Crippen LogP contribution in [0.4, 0.5) is 0 Å². The van der Waals surface area contributed by atoms with Gasteiger partial charge in [-0.15, -0.1) is 0 Å². The number of ketones is 1. The van der Waals surface area contributed by atoms with Gasteiger partial charge in [0.2, 0.25) is 0 Å². The fraction of sp³-hybridized carbons (Fsp3) is 0.167. The van der Waals surface area contributed by atoms with Crippen molar-refractivity contribution in [3.8, 4) is 0 Å². The van der Waals surface area contributed by atoms with Crippen LogP contribution in [-0.4, -0.2) is 27.9 Å². The number of carbonyl (C=O) groups excluding carboxylic acids is 1. The average Bonchev–Trinajstić information content (AvgIpc) is 1.81. The Bertz CT molecular complexity index is 231. The predicted molar refractivity (Wildman–Crippen MR) is 34.0 cm³/mol. The Morgan fingerprint density at radius 2 is 1.54 bits per heavy atom. The van der Waals surface area contributed by atoms with E-state index in [4.69, 9.17) is 10.2 Å². The normalized spacial score (nSPS) is 9.15. The van der Waals surface area contributed by atoms with Crippen molar-refractivity contribution in [3.05, 3.63) is 11.6 Å². The van der Waals surface area contributed by atoms with Gasteiger partial charge in [-0.05, 0) is 6.92 Å².